The van der Waals surface area contributed by atoms with Crippen LogP contribution in [0.3, 0.4) is 0 Å². The van der Waals surface area contributed by atoms with Crippen molar-refractivity contribution in [1.82, 2.24) is 9.97 Å². The monoisotopic (exact) mass is 175 g/mol. The molecule has 13 heavy (non-hydrogen) atoms. The first kappa shape index (κ1) is 7.94. The lowest BCUT2D eigenvalue weighted by Crippen LogP contribution is -2.08. The first-order valence-electron chi connectivity index (χ1n) is 3.98. The molecule has 0 saturated carbocycles. The van der Waals surface area contributed by atoms with E-state index in [4.69, 9.17) is 5.73 Å². The molecule has 0 aliphatic carbocycles. The van der Waals surface area contributed by atoms with Crippen LogP contribution in [-0.2, 0) is 6.54 Å². The van der Waals surface area contributed by atoms with E-state index in [2.05, 4.69) is 9.97 Å². The molecule has 0 bridgehead atoms. The number of nitrogens with zero attached hydrogens (tertiary/aromatic N) is 1. The maximum Gasteiger partial charge on any atom is 0.258 e. The van der Waals surface area contributed by atoms with Gasteiger partial charge in [0.1, 0.15) is 0 Å². The molecule has 0 saturated heterocycles. The number of aromatic amines is 1. The van der Waals surface area contributed by atoms with Crippen molar-refractivity contribution in [3.05, 3.63) is 40.4 Å². The Morgan fingerprint density at radius 2 is 2.31 bits per heavy atom. The molecule has 0 unspecified atom stereocenters. The summed E-state index contributed by atoms with van der Waals surface area (Å²) in [6.45, 7) is 0.397. The van der Waals surface area contributed by atoms with Gasteiger partial charge in [-0.05, 0) is 11.6 Å². The van der Waals surface area contributed by atoms with Gasteiger partial charge < -0.3 is 10.7 Å². The van der Waals surface area contributed by atoms with Gasteiger partial charge in [-0.25, -0.2) is 4.98 Å². The van der Waals surface area contributed by atoms with E-state index >= 15 is 0 Å². The summed E-state index contributed by atoms with van der Waals surface area (Å²) in [6.07, 6.45) is 1.39. The Kier molecular flexibility index (Phi) is 1.83. The maximum atomic E-state index is 11.3. The molecule has 2 rings (SSSR count). The molecule has 0 spiro atoms. The summed E-state index contributed by atoms with van der Waals surface area (Å²) in [5.41, 5.74) is 6.97. The molecule has 2 aromatic rings. The largest absolute Gasteiger partial charge is 0.326 e. The van der Waals surface area contributed by atoms with Gasteiger partial charge in [-0.2, -0.15) is 0 Å². The van der Waals surface area contributed by atoms with Gasteiger partial charge in [0, 0.05) is 6.54 Å². The Bertz CT molecular complexity index is 489. The Morgan fingerprint density at radius 3 is 3.08 bits per heavy atom. The second-order valence-electron chi connectivity index (χ2n) is 2.75. The van der Waals surface area contributed by atoms with Crippen molar-refractivity contribution in [3.63, 3.8) is 0 Å². The summed E-state index contributed by atoms with van der Waals surface area (Å²) in [6, 6.07) is 5.41. The van der Waals surface area contributed by atoms with Gasteiger partial charge in [-0.15, -0.1) is 0 Å². The van der Waals surface area contributed by atoms with Crippen LogP contribution in [0, 0.1) is 0 Å². The zero-order valence-electron chi connectivity index (χ0n) is 6.95. The summed E-state index contributed by atoms with van der Waals surface area (Å²) >= 11 is 0. The highest BCUT2D eigenvalue weighted by Crippen LogP contribution is 2.10. The number of nitrogens with two attached hydrogens (primary N) is 1. The SMILES string of the molecule is NCc1cccc2c(=O)[nH]cnc12. The van der Waals surface area contributed by atoms with E-state index in [1.165, 1.54) is 6.33 Å². The van der Waals surface area contributed by atoms with Crippen molar-refractivity contribution in [2.24, 2.45) is 5.73 Å². The molecule has 0 radical (unpaired) electrons. The molecular formula is C9H9N3O. The van der Waals surface area contributed by atoms with Crippen molar-refractivity contribution in [2.45, 2.75) is 6.54 Å². The highest BCUT2D eigenvalue weighted by atomic mass is 16.1. The Labute approximate surface area is 74.4 Å². The minimum absolute atomic E-state index is 0.125. The van der Waals surface area contributed by atoms with Gasteiger partial charge in [0.25, 0.3) is 5.56 Å². The normalized spacial score (nSPS) is 10.5. The fourth-order valence-corrected chi connectivity index (χ4v) is 1.32. The lowest BCUT2D eigenvalue weighted by Gasteiger charge is -2.00. The van der Waals surface area contributed by atoms with E-state index in [1.807, 2.05) is 6.07 Å². The number of hydrogen-bond donors (Lipinski definition) is 2. The summed E-state index contributed by atoms with van der Waals surface area (Å²) in [5, 5.41) is 0.588. The van der Waals surface area contributed by atoms with Crippen molar-refractivity contribution < 1.29 is 0 Å². The molecule has 1 heterocycles. The van der Waals surface area contributed by atoms with Gasteiger partial charge >= 0.3 is 0 Å². The molecule has 0 aliphatic rings. The summed E-state index contributed by atoms with van der Waals surface area (Å²) in [5.74, 6) is 0. The van der Waals surface area contributed by atoms with Crippen LogP contribution in [0.5, 0.6) is 0 Å². The zero-order valence-corrected chi connectivity index (χ0v) is 6.95. The van der Waals surface area contributed by atoms with Crippen LogP contribution in [0.2, 0.25) is 0 Å². The molecule has 0 fully saturated rings. The quantitative estimate of drug-likeness (QED) is 0.658. The second kappa shape index (κ2) is 2.99. The molecule has 1 aromatic heterocycles. The number of benzene rings is 1. The Hall–Kier alpha value is -1.68. The third-order valence-electron chi connectivity index (χ3n) is 1.97. The maximum absolute atomic E-state index is 11.3. The minimum Gasteiger partial charge on any atom is -0.326 e. The first-order valence-corrected chi connectivity index (χ1v) is 3.98. The van der Waals surface area contributed by atoms with Crippen molar-refractivity contribution in [2.75, 3.05) is 0 Å². The molecule has 3 N–H and O–H groups in total. The molecule has 0 amide bonds. The van der Waals surface area contributed by atoms with Crippen LogP contribution < -0.4 is 11.3 Å². The second-order valence-corrected chi connectivity index (χ2v) is 2.75. The average molecular weight is 175 g/mol. The highest BCUT2D eigenvalue weighted by molar-refractivity contribution is 5.80. The predicted molar refractivity (Wildman–Crippen MR) is 50.3 cm³/mol. The highest BCUT2D eigenvalue weighted by Gasteiger charge is 2.01. The van der Waals surface area contributed by atoms with Crippen LogP contribution in [-0.4, -0.2) is 9.97 Å². The van der Waals surface area contributed by atoms with Crippen molar-refractivity contribution in [3.8, 4) is 0 Å². The number of fused-ring (bicyclic) bond motifs is 1. The number of aromatic nitrogens is 2. The van der Waals surface area contributed by atoms with Crippen LogP contribution in [0.25, 0.3) is 10.9 Å². The topological polar surface area (TPSA) is 71.8 Å². The predicted octanol–water partition coefficient (Wildman–Crippen LogP) is 0.382. The lowest BCUT2D eigenvalue weighted by molar-refractivity contribution is 1.07. The minimum atomic E-state index is -0.125. The van der Waals surface area contributed by atoms with E-state index in [0.717, 1.165) is 5.56 Å². The van der Waals surface area contributed by atoms with E-state index in [0.29, 0.717) is 17.4 Å². The number of H-pyrrole nitrogens is 1. The molecule has 0 atom stereocenters. The van der Waals surface area contributed by atoms with Gasteiger partial charge in [0.05, 0.1) is 17.2 Å². The fraction of sp³-hybridized carbons (Fsp3) is 0.111. The third-order valence-corrected chi connectivity index (χ3v) is 1.97. The van der Waals surface area contributed by atoms with E-state index in [-0.39, 0.29) is 5.56 Å². The van der Waals surface area contributed by atoms with Gasteiger partial charge in [-0.3, -0.25) is 4.79 Å². The summed E-state index contributed by atoms with van der Waals surface area (Å²) in [4.78, 5) is 17.9. The number of nitrogens with one attached hydrogen (secondary N) is 1. The Balaban J connectivity index is 2.92. The van der Waals surface area contributed by atoms with Crippen LogP contribution >= 0.6 is 0 Å². The van der Waals surface area contributed by atoms with E-state index in [9.17, 15) is 4.79 Å². The van der Waals surface area contributed by atoms with Gasteiger partial charge in [0.2, 0.25) is 0 Å². The van der Waals surface area contributed by atoms with Crippen molar-refractivity contribution in [1.29, 1.82) is 0 Å². The summed E-state index contributed by atoms with van der Waals surface area (Å²) in [7, 11) is 0. The number of rotatable bonds is 1. The molecule has 66 valence electrons. The van der Waals surface area contributed by atoms with Crippen LogP contribution in [0.15, 0.2) is 29.3 Å². The molecule has 1 aromatic carbocycles. The standard InChI is InChI=1S/C9H9N3O/c10-4-6-2-1-3-7-8(6)11-5-12-9(7)13/h1-3,5H,4,10H2,(H,11,12,13). The van der Waals surface area contributed by atoms with E-state index < -0.39 is 0 Å². The number of hydrogen-bond acceptors (Lipinski definition) is 3. The number of para-hydroxylation sites is 1. The lowest BCUT2D eigenvalue weighted by atomic mass is 10.1. The fourth-order valence-electron chi connectivity index (χ4n) is 1.32. The smallest absolute Gasteiger partial charge is 0.258 e. The third kappa shape index (κ3) is 1.21. The molecule has 0 aliphatic heterocycles. The molecular weight excluding hydrogens is 166 g/mol. The van der Waals surface area contributed by atoms with Crippen LogP contribution in [0.4, 0.5) is 0 Å². The van der Waals surface area contributed by atoms with Gasteiger partial charge in [0.15, 0.2) is 0 Å². The zero-order chi connectivity index (χ0) is 9.26. The molecule has 4 heteroatoms. The Morgan fingerprint density at radius 1 is 1.46 bits per heavy atom. The van der Waals surface area contributed by atoms with Crippen molar-refractivity contribution >= 4 is 10.9 Å². The van der Waals surface area contributed by atoms with Crippen LogP contribution in [0.1, 0.15) is 5.56 Å². The first-order chi connectivity index (χ1) is 6.33. The van der Waals surface area contributed by atoms with E-state index in [1.54, 1.807) is 12.1 Å². The average Bonchev–Trinajstić information content (AvgIpc) is 2.18. The van der Waals surface area contributed by atoms with Gasteiger partial charge in [-0.1, -0.05) is 12.1 Å². The summed E-state index contributed by atoms with van der Waals surface area (Å²) < 4.78 is 0. The molecule has 4 nitrogen and oxygen atoms in total.